The lowest BCUT2D eigenvalue weighted by Crippen LogP contribution is -2.37. The van der Waals surface area contributed by atoms with Gasteiger partial charge in [0.2, 0.25) is 10.0 Å². The summed E-state index contributed by atoms with van der Waals surface area (Å²) in [4.78, 5) is 0. The van der Waals surface area contributed by atoms with Gasteiger partial charge in [-0.1, -0.05) is 6.08 Å². The van der Waals surface area contributed by atoms with E-state index in [1.807, 2.05) is 0 Å². The number of nitrogens with two attached hydrogens (primary N) is 1. The summed E-state index contributed by atoms with van der Waals surface area (Å²) in [7, 11) is -3.44. The van der Waals surface area contributed by atoms with Gasteiger partial charge in [0.05, 0.1) is 4.75 Å². The Labute approximate surface area is 62.0 Å². The molecule has 0 aliphatic rings. The highest BCUT2D eigenvalue weighted by Gasteiger charge is 2.28. The van der Waals surface area contributed by atoms with E-state index in [4.69, 9.17) is 5.14 Å². The summed E-state index contributed by atoms with van der Waals surface area (Å²) >= 11 is 0. The number of hydrogen-bond acceptors (Lipinski definition) is 2. The highest BCUT2D eigenvalue weighted by atomic mass is 32.2. The molecule has 0 aromatic carbocycles. The smallest absolute Gasteiger partial charge is 0.214 e. The van der Waals surface area contributed by atoms with Crippen molar-refractivity contribution in [2.24, 2.45) is 5.14 Å². The summed E-state index contributed by atoms with van der Waals surface area (Å²) in [5.74, 6) is 0. The fourth-order valence-electron chi connectivity index (χ4n) is 0.464. The molecular formula is C6H13NO2S. The maximum atomic E-state index is 10.8. The lowest BCUT2D eigenvalue weighted by Gasteiger charge is -2.18. The van der Waals surface area contributed by atoms with Gasteiger partial charge in [-0.25, -0.2) is 13.6 Å². The van der Waals surface area contributed by atoms with E-state index < -0.39 is 14.8 Å². The van der Waals surface area contributed by atoms with Gasteiger partial charge in [0.1, 0.15) is 0 Å². The number of primary sulfonamides is 1. The molecule has 0 bridgehead atoms. The van der Waals surface area contributed by atoms with Crippen LogP contribution in [-0.2, 0) is 10.0 Å². The lowest BCUT2D eigenvalue weighted by atomic mass is 10.1. The summed E-state index contributed by atoms with van der Waals surface area (Å²) in [5, 5.41) is 4.92. The quantitative estimate of drug-likeness (QED) is 0.620. The largest absolute Gasteiger partial charge is 0.228 e. The van der Waals surface area contributed by atoms with E-state index in [0.29, 0.717) is 6.42 Å². The first-order valence-electron chi connectivity index (χ1n) is 2.94. The van der Waals surface area contributed by atoms with Gasteiger partial charge in [-0.15, -0.1) is 6.58 Å². The first-order valence-corrected chi connectivity index (χ1v) is 4.49. The molecule has 3 nitrogen and oxygen atoms in total. The molecule has 4 heteroatoms. The minimum Gasteiger partial charge on any atom is -0.228 e. The van der Waals surface area contributed by atoms with Crippen molar-refractivity contribution in [3.05, 3.63) is 12.7 Å². The Hall–Kier alpha value is -0.350. The van der Waals surface area contributed by atoms with Gasteiger partial charge in [-0.2, -0.15) is 0 Å². The highest BCUT2D eigenvalue weighted by molar-refractivity contribution is 7.90. The van der Waals surface area contributed by atoms with Crippen molar-refractivity contribution in [2.45, 2.75) is 25.0 Å². The van der Waals surface area contributed by atoms with Crippen molar-refractivity contribution in [3.8, 4) is 0 Å². The molecule has 0 saturated carbocycles. The fraction of sp³-hybridized carbons (Fsp3) is 0.667. The molecule has 0 rings (SSSR count). The second-order valence-electron chi connectivity index (χ2n) is 2.80. The number of allylic oxidation sites excluding steroid dienone is 1. The SMILES string of the molecule is C=CCC(C)(C)S(N)(=O)=O. The Morgan fingerprint density at radius 2 is 2.00 bits per heavy atom. The molecule has 0 heterocycles. The molecule has 60 valence electrons. The van der Waals surface area contributed by atoms with Crippen LogP contribution >= 0.6 is 0 Å². The van der Waals surface area contributed by atoms with Crippen LogP contribution < -0.4 is 5.14 Å². The van der Waals surface area contributed by atoms with Crippen LogP contribution in [0.1, 0.15) is 20.3 Å². The third-order valence-corrected chi connectivity index (χ3v) is 3.11. The van der Waals surface area contributed by atoms with Gasteiger partial charge in [0.15, 0.2) is 0 Å². The number of rotatable bonds is 3. The maximum Gasteiger partial charge on any atom is 0.214 e. The van der Waals surface area contributed by atoms with Crippen molar-refractivity contribution in [3.63, 3.8) is 0 Å². The monoisotopic (exact) mass is 163 g/mol. The molecule has 0 amide bonds. The predicted molar refractivity (Wildman–Crippen MR) is 42.0 cm³/mol. The van der Waals surface area contributed by atoms with Gasteiger partial charge in [0, 0.05) is 0 Å². The van der Waals surface area contributed by atoms with E-state index in [0.717, 1.165) is 0 Å². The Balaban J connectivity index is 4.57. The van der Waals surface area contributed by atoms with Crippen LogP contribution in [0.3, 0.4) is 0 Å². The van der Waals surface area contributed by atoms with Gasteiger partial charge in [-0.05, 0) is 20.3 Å². The highest BCUT2D eigenvalue weighted by Crippen LogP contribution is 2.17. The summed E-state index contributed by atoms with van der Waals surface area (Å²) in [5.41, 5.74) is 0. The van der Waals surface area contributed by atoms with Crippen LogP contribution in [0.2, 0.25) is 0 Å². The second kappa shape index (κ2) is 2.72. The zero-order valence-corrected chi connectivity index (χ0v) is 7.11. The number of sulfonamides is 1. The second-order valence-corrected chi connectivity index (χ2v) is 4.99. The number of hydrogen-bond donors (Lipinski definition) is 1. The van der Waals surface area contributed by atoms with Gasteiger partial charge >= 0.3 is 0 Å². The molecule has 0 aromatic heterocycles. The van der Waals surface area contributed by atoms with E-state index in [9.17, 15) is 8.42 Å². The van der Waals surface area contributed by atoms with Crippen LogP contribution in [0, 0.1) is 0 Å². The fourth-order valence-corrected chi connectivity index (χ4v) is 0.814. The van der Waals surface area contributed by atoms with Crippen molar-refractivity contribution >= 4 is 10.0 Å². The van der Waals surface area contributed by atoms with Crippen molar-refractivity contribution in [1.29, 1.82) is 0 Å². The van der Waals surface area contributed by atoms with Crippen LogP contribution in [0.25, 0.3) is 0 Å². The van der Waals surface area contributed by atoms with E-state index in [1.54, 1.807) is 19.9 Å². The Bertz CT molecular complexity index is 216. The lowest BCUT2D eigenvalue weighted by molar-refractivity contribution is 0.549. The standard InChI is InChI=1S/C6H13NO2S/c1-4-5-6(2,3)10(7,8)9/h4H,1,5H2,2-3H3,(H2,7,8,9). The Kier molecular flexibility index (Phi) is 2.62. The van der Waals surface area contributed by atoms with E-state index in [-0.39, 0.29) is 0 Å². The normalized spacial score (nSPS) is 13.1. The average Bonchev–Trinajstić information content (AvgIpc) is 1.61. The van der Waals surface area contributed by atoms with Gasteiger partial charge in [0.25, 0.3) is 0 Å². The van der Waals surface area contributed by atoms with Crippen molar-refractivity contribution in [2.75, 3.05) is 0 Å². The minimum absolute atomic E-state index is 0.381. The molecule has 0 aliphatic carbocycles. The summed E-state index contributed by atoms with van der Waals surface area (Å²) in [6, 6.07) is 0. The third-order valence-electron chi connectivity index (χ3n) is 1.41. The Morgan fingerprint density at radius 3 is 2.10 bits per heavy atom. The van der Waals surface area contributed by atoms with Crippen molar-refractivity contribution in [1.82, 2.24) is 0 Å². The molecule has 0 spiro atoms. The van der Waals surface area contributed by atoms with Crippen molar-refractivity contribution < 1.29 is 8.42 Å². The van der Waals surface area contributed by atoms with Crippen LogP contribution in [0.5, 0.6) is 0 Å². The van der Waals surface area contributed by atoms with Crippen LogP contribution in [0.15, 0.2) is 12.7 Å². The molecule has 0 radical (unpaired) electrons. The zero-order valence-electron chi connectivity index (χ0n) is 6.29. The molecule has 0 unspecified atom stereocenters. The van der Waals surface area contributed by atoms with E-state index in [1.165, 1.54) is 0 Å². The summed E-state index contributed by atoms with van der Waals surface area (Å²) in [6.07, 6.45) is 1.93. The molecule has 0 aliphatic heterocycles. The Morgan fingerprint density at radius 1 is 1.60 bits per heavy atom. The van der Waals surface area contributed by atoms with E-state index >= 15 is 0 Å². The van der Waals surface area contributed by atoms with Crippen LogP contribution in [-0.4, -0.2) is 13.2 Å². The van der Waals surface area contributed by atoms with Gasteiger partial charge in [-0.3, -0.25) is 0 Å². The molecule has 0 saturated heterocycles. The molecule has 0 aromatic rings. The predicted octanol–water partition coefficient (Wildman–Crippen LogP) is 0.630. The first-order chi connectivity index (χ1) is 4.31. The summed E-state index contributed by atoms with van der Waals surface area (Å²) in [6.45, 7) is 6.59. The first kappa shape index (κ1) is 9.65. The molecule has 0 atom stereocenters. The topological polar surface area (TPSA) is 60.2 Å². The van der Waals surface area contributed by atoms with Crippen LogP contribution in [0.4, 0.5) is 0 Å². The average molecular weight is 163 g/mol. The maximum absolute atomic E-state index is 10.8. The minimum atomic E-state index is -3.44. The molecule has 0 fully saturated rings. The molecule has 2 N–H and O–H groups in total. The molecular weight excluding hydrogens is 150 g/mol. The van der Waals surface area contributed by atoms with E-state index in [2.05, 4.69) is 6.58 Å². The third kappa shape index (κ3) is 2.11. The summed E-state index contributed by atoms with van der Waals surface area (Å²) < 4.78 is 20.7. The van der Waals surface area contributed by atoms with Gasteiger partial charge < -0.3 is 0 Å². The molecule has 10 heavy (non-hydrogen) atoms. The zero-order chi connectivity index (χ0) is 8.41.